The molecular weight excluding hydrogens is 200 g/mol. The second kappa shape index (κ2) is 3.81. The molecule has 0 aliphatic carbocycles. The Hall–Kier alpha value is -1.51. The SMILES string of the molecule is C[C@H](NC(=O)N1CC1(C)C)c1ccccc1. The molecule has 1 aliphatic rings. The van der Waals surface area contributed by atoms with Crippen LogP contribution in [0.5, 0.6) is 0 Å². The summed E-state index contributed by atoms with van der Waals surface area (Å²) in [6.45, 7) is 6.99. The highest BCUT2D eigenvalue weighted by Crippen LogP contribution is 2.30. The van der Waals surface area contributed by atoms with Crippen molar-refractivity contribution in [3.63, 3.8) is 0 Å². The molecular formula is C13H18N2O. The van der Waals surface area contributed by atoms with E-state index >= 15 is 0 Å². The summed E-state index contributed by atoms with van der Waals surface area (Å²) in [5.41, 5.74) is 1.18. The zero-order valence-corrected chi connectivity index (χ0v) is 10.0. The minimum Gasteiger partial charge on any atom is -0.331 e. The van der Waals surface area contributed by atoms with E-state index in [2.05, 4.69) is 19.2 Å². The summed E-state index contributed by atoms with van der Waals surface area (Å²) >= 11 is 0. The number of carbonyl (C=O) groups excluding carboxylic acids is 1. The lowest BCUT2D eigenvalue weighted by Gasteiger charge is -2.16. The maximum atomic E-state index is 11.8. The van der Waals surface area contributed by atoms with Gasteiger partial charge in [0.05, 0.1) is 11.6 Å². The van der Waals surface area contributed by atoms with Gasteiger partial charge in [0.15, 0.2) is 0 Å². The van der Waals surface area contributed by atoms with Gasteiger partial charge in [-0.05, 0) is 26.3 Å². The fourth-order valence-electron chi connectivity index (χ4n) is 1.79. The molecule has 1 aliphatic heterocycles. The molecule has 0 unspecified atom stereocenters. The fraction of sp³-hybridized carbons (Fsp3) is 0.462. The number of nitrogens with zero attached hydrogens (tertiary/aromatic N) is 1. The summed E-state index contributed by atoms with van der Waals surface area (Å²) in [5.74, 6) is 0. The zero-order valence-electron chi connectivity index (χ0n) is 10.0. The van der Waals surface area contributed by atoms with Crippen LogP contribution in [-0.4, -0.2) is 23.0 Å². The molecule has 1 heterocycles. The molecule has 0 aromatic heterocycles. The first kappa shape index (κ1) is 11.0. The molecule has 0 spiro atoms. The second-order valence-corrected chi connectivity index (χ2v) is 4.98. The van der Waals surface area contributed by atoms with Crippen molar-refractivity contribution in [2.24, 2.45) is 0 Å². The lowest BCUT2D eigenvalue weighted by molar-refractivity contribution is 0.220. The zero-order chi connectivity index (χ0) is 11.8. The van der Waals surface area contributed by atoms with Crippen LogP contribution in [0, 0.1) is 0 Å². The summed E-state index contributed by atoms with van der Waals surface area (Å²) in [7, 11) is 0. The number of carbonyl (C=O) groups is 1. The van der Waals surface area contributed by atoms with Crippen molar-refractivity contribution in [2.75, 3.05) is 6.54 Å². The van der Waals surface area contributed by atoms with Crippen LogP contribution in [-0.2, 0) is 0 Å². The summed E-state index contributed by atoms with van der Waals surface area (Å²) in [6.07, 6.45) is 0. The number of benzene rings is 1. The Balaban J connectivity index is 1.94. The van der Waals surface area contributed by atoms with E-state index in [1.165, 1.54) is 0 Å². The third-order valence-corrected chi connectivity index (χ3v) is 3.06. The Morgan fingerprint density at radius 3 is 2.44 bits per heavy atom. The van der Waals surface area contributed by atoms with Crippen LogP contribution in [0.3, 0.4) is 0 Å². The van der Waals surface area contributed by atoms with Gasteiger partial charge in [-0.15, -0.1) is 0 Å². The van der Waals surface area contributed by atoms with E-state index in [0.29, 0.717) is 0 Å². The molecule has 0 saturated carbocycles. The number of amides is 2. The van der Waals surface area contributed by atoms with Gasteiger partial charge in [0.1, 0.15) is 0 Å². The molecule has 1 aromatic rings. The molecule has 1 fully saturated rings. The van der Waals surface area contributed by atoms with Gasteiger partial charge in [0, 0.05) is 6.54 Å². The standard InChI is InChI=1S/C13H18N2O/c1-10(11-7-5-4-6-8-11)14-12(16)15-9-13(15,2)3/h4-8,10H,9H2,1-3H3,(H,14,16)/t10-,15?/m0/s1. The van der Waals surface area contributed by atoms with E-state index in [1.807, 2.05) is 42.2 Å². The Bertz CT molecular complexity index is 386. The normalized spacial score (nSPS) is 19.1. The number of hydrogen-bond acceptors (Lipinski definition) is 1. The summed E-state index contributed by atoms with van der Waals surface area (Å²) in [6, 6.07) is 10.1. The van der Waals surface area contributed by atoms with Crippen LogP contribution >= 0.6 is 0 Å². The van der Waals surface area contributed by atoms with E-state index in [0.717, 1.165) is 12.1 Å². The molecule has 2 rings (SSSR count). The fourth-order valence-corrected chi connectivity index (χ4v) is 1.79. The van der Waals surface area contributed by atoms with Gasteiger partial charge in [-0.25, -0.2) is 4.79 Å². The van der Waals surface area contributed by atoms with Gasteiger partial charge in [-0.3, -0.25) is 0 Å². The molecule has 86 valence electrons. The Kier molecular flexibility index (Phi) is 2.62. The minimum absolute atomic E-state index is 0.0290. The van der Waals surface area contributed by atoms with Gasteiger partial charge in [-0.2, -0.15) is 0 Å². The third kappa shape index (κ3) is 2.18. The number of nitrogens with one attached hydrogen (secondary N) is 1. The van der Waals surface area contributed by atoms with Crippen molar-refractivity contribution >= 4 is 6.03 Å². The predicted octanol–water partition coefficient (Wildman–Crippen LogP) is 2.55. The van der Waals surface area contributed by atoms with Gasteiger partial charge >= 0.3 is 6.03 Å². The van der Waals surface area contributed by atoms with Crippen LogP contribution in [0.15, 0.2) is 30.3 Å². The van der Waals surface area contributed by atoms with Crippen molar-refractivity contribution in [2.45, 2.75) is 32.4 Å². The molecule has 0 radical (unpaired) electrons. The summed E-state index contributed by atoms with van der Waals surface area (Å²) in [4.78, 5) is 13.7. The highest BCUT2D eigenvalue weighted by atomic mass is 16.2. The Morgan fingerprint density at radius 2 is 1.94 bits per heavy atom. The molecule has 2 amide bonds. The van der Waals surface area contributed by atoms with E-state index in [9.17, 15) is 4.79 Å². The van der Waals surface area contributed by atoms with Gasteiger partial charge in [-0.1, -0.05) is 30.3 Å². The number of urea groups is 1. The van der Waals surface area contributed by atoms with Crippen molar-refractivity contribution in [1.82, 2.24) is 10.2 Å². The Morgan fingerprint density at radius 1 is 1.38 bits per heavy atom. The van der Waals surface area contributed by atoms with Crippen LogP contribution in [0.25, 0.3) is 0 Å². The predicted molar refractivity (Wildman–Crippen MR) is 64.2 cm³/mol. The van der Waals surface area contributed by atoms with Crippen molar-refractivity contribution in [3.05, 3.63) is 35.9 Å². The molecule has 0 bridgehead atoms. The van der Waals surface area contributed by atoms with Crippen LogP contribution in [0.4, 0.5) is 4.79 Å². The minimum atomic E-state index is 0.0290. The third-order valence-electron chi connectivity index (χ3n) is 3.06. The van der Waals surface area contributed by atoms with E-state index in [1.54, 1.807) is 0 Å². The average molecular weight is 218 g/mol. The van der Waals surface area contributed by atoms with Crippen molar-refractivity contribution in [1.29, 1.82) is 0 Å². The lowest BCUT2D eigenvalue weighted by Crippen LogP contribution is -2.33. The van der Waals surface area contributed by atoms with Crippen molar-refractivity contribution < 1.29 is 4.79 Å². The second-order valence-electron chi connectivity index (χ2n) is 4.98. The first-order valence-electron chi connectivity index (χ1n) is 5.64. The van der Waals surface area contributed by atoms with Crippen molar-refractivity contribution in [3.8, 4) is 0 Å². The number of rotatable bonds is 2. The Labute approximate surface area is 96.5 Å². The van der Waals surface area contributed by atoms with Crippen LogP contribution in [0.2, 0.25) is 0 Å². The van der Waals surface area contributed by atoms with Gasteiger partial charge in [0.25, 0.3) is 0 Å². The highest BCUT2D eigenvalue weighted by Gasteiger charge is 2.46. The monoisotopic (exact) mass is 218 g/mol. The molecule has 1 aromatic carbocycles. The summed E-state index contributed by atoms with van der Waals surface area (Å²) < 4.78 is 0. The molecule has 1 atom stereocenters. The first-order chi connectivity index (χ1) is 7.50. The van der Waals surface area contributed by atoms with E-state index in [4.69, 9.17) is 0 Å². The topological polar surface area (TPSA) is 32.1 Å². The molecule has 1 N–H and O–H groups in total. The highest BCUT2D eigenvalue weighted by molar-refractivity contribution is 5.78. The van der Waals surface area contributed by atoms with E-state index < -0.39 is 0 Å². The molecule has 1 saturated heterocycles. The smallest absolute Gasteiger partial charge is 0.318 e. The van der Waals surface area contributed by atoms with Crippen LogP contribution in [0.1, 0.15) is 32.4 Å². The maximum Gasteiger partial charge on any atom is 0.318 e. The van der Waals surface area contributed by atoms with Crippen LogP contribution < -0.4 is 5.32 Å². The van der Waals surface area contributed by atoms with E-state index in [-0.39, 0.29) is 17.6 Å². The molecule has 3 heteroatoms. The first-order valence-corrected chi connectivity index (χ1v) is 5.64. The molecule has 16 heavy (non-hydrogen) atoms. The quantitative estimate of drug-likeness (QED) is 0.760. The summed E-state index contributed by atoms with van der Waals surface area (Å²) in [5, 5.41) is 3.00. The lowest BCUT2D eigenvalue weighted by atomic mass is 10.1. The molecule has 3 nitrogen and oxygen atoms in total. The van der Waals surface area contributed by atoms with Gasteiger partial charge < -0.3 is 10.2 Å². The average Bonchev–Trinajstić information content (AvgIpc) is 2.89. The number of hydrogen-bond donors (Lipinski definition) is 1. The van der Waals surface area contributed by atoms with Gasteiger partial charge in [0.2, 0.25) is 0 Å². The maximum absolute atomic E-state index is 11.8. The largest absolute Gasteiger partial charge is 0.331 e.